The highest BCUT2D eigenvalue weighted by atomic mass is 32.2. The van der Waals surface area contributed by atoms with Crippen molar-refractivity contribution >= 4 is 16.0 Å². The summed E-state index contributed by atoms with van der Waals surface area (Å²) in [6.07, 6.45) is 2.35. The monoisotopic (exact) mass is 361 g/mol. The van der Waals surface area contributed by atoms with Crippen molar-refractivity contribution in [1.82, 2.24) is 19.8 Å². The molecule has 0 bridgehead atoms. The molecule has 7 nitrogen and oxygen atoms in total. The van der Waals surface area contributed by atoms with Gasteiger partial charge in [-0.25, -0.2) is 13.1 Å². The van der Waals surface area contributed by atoms with E-state index in [0.717, 1.165) is 38.7 Å². The van der Waals surface area contributed by atoms with Gasteiger partial charge < -0.3 is 15.1 Å². The molecule has 1 fully saturated rings. The van der Waals surface area contributed by atoms with E-state index in [0.29, 0.717) is 12.5 Å². The van der Waals surface area contributed by atoms with Crippen molar-refractivity contribution in [3.63, 3.8) is 0 Å². The molecule has 1 heterocycles. The van der Waals surface area contributed by atoms with Gasteiger partial charge in [0.2, 0.25) is 10.0 Å². The van der Waals surface area contributed by atoms with E-state index in [-0.39, 0.29) is 0 Å². The Labute approximate surface area is 147 Å². The number of nitrogens with one attached hydrogen (secondary N) is 2. The highest BCUT2D eigenvalue weighted by Gasteiger charge is 2.28. The summed E-state index contributed by atoms with van der Waals surface area (Å²) in [5.41, 5.74) is -0.566. The minimum absolute atomic E-state index is 0.490. The van der Waals surface area contributed by atoms with Crippen LogP contribution in [-0.4, -0.2) is 82.3 Å². The molecule has 0 aromatic carbocycles. The van der Waals surface area contributed by atoms with Crippen LogP contribution in [-0.2, 0) is 10.0 Å². The summed E-state index contributed by atoms with van der Waals surface area (Å²) in [5, 5.41) is 3.31. The molecule has 0 amide bonds. The molecular formula is C16H35N5O2S. The number of nitrogens with zero attached hydrogens (tertiary/aromatic N) is 3. The van der Waals surface area contributed by atoms with Crippen LogP contribution in [0.5, 0.6) is 0 Å². The van der Waals surface area contributed by atoms with Gasteiger partial charge >= 0.3 is 0 Å². The van der Waals surface area contributed by atoms with Gasteiger partial charge in [0.05, 0.1) is 6.26 Å². The molecule has 1 aliphatic rings. The second-order valence-electron chi connectivity index (χ2n) is 7.25. The minimum Gasteiger partial charge on any atom is -0.354 e. The molecular weight excluding hydrogens is 326 g/mol. The van der Waals surface area contributed by atoms with Crippen LogP contribution >= 0.6 is 0 Å². The zero-order valence-corrected chi connectivity index (χ0v) is 16.9. The van der Waals surface area contributed by atoms with Crippen LogP contribution in [0.15, 0.2) is 4.99 Å². The molecule has 0 spiro atoms. The van der Waals surface area contributed by atoms with Gasteiger partial charge in [-0.2, -0.15) is 0 Å². The maximum Gasteiger partial charge on any atom is 0.209 e. The Balaban J connectivity index is 2.54. The SMILES string of the molecule is CCN(CC)CC1CCN(C(=NC)NCC(C)(C)NS(C)(=O)=O)C1. The van der Waals surface area contributed by atoms with Crippen LogP contribution in [0.25, 0.3) is 0 Å². The first-order valence-corrected chi connectivity index (χ1v) is 10.7. The predicted octanol–water partition coefficient (Wildman–Crippen LogP) is 0.553. The Hall–Kier alpha value is -0.860. The molecule has 142 valence electrons. The van der Waals surface area contributed by atoms with Crippen molar-refractivity contribution in [2.75, 3.05) is 52.6 Å². The maximum absolute atomic E-state index is 11.4. The van der Waals surface area contributed by atoms with E-state index < -0.39 is 15.6 Å². The molecule has 0 aromatic heterocycles. The van der Waals surface area contributed by atoms with Crippen molar-refractivity contribution in [3.8, 4) is 0 Å². The zero-order valence-electron chi connectivity index (χ0n) is 16.1. The predicted molar refractivity (Wildman–Crippen MR) is 101 cm³/mol. The number of aliphatic imine (C=N–C) groups is 1. The maximum atomic E-state index is 11.4. The molecule has 0 aromatic rings. The summed E-state index contributed by atoms with van der Waals surface area (Å²) in [7, 11) is -1.46. The Morgan fingerprint density at radius 2 is 1.96 bits per heavy atom. The third-order valence-electron chi connectivity index (χ3n) is 4.36. The molecule has 1 atom stereocenters. The Kier molecular flexibility index (Phi) is 7.95. The van der Waals surface area contributed by atoms with Crippen LogP contribution in [0.4, 0.5) is 0 Å². The average Bonchev–Trinajstić information content (AvgIpc) is 2.91. The van der Waals surface area contributed by atoms with Gasteiger partial charge in [-0.1, -0.05) is 13.8 Å². The normalized spacial score (nSPS) is 20.0. The number of likely N-dealkylation sites (tertiary alicyclic amines) is 1. The lowest BCUT2D eigenvalue weighted by Crippen LogP contribution is -2.53. The lowest BCUT2D eigenvalue weighted by atomic mass is 10.1. The standard InChI is InChI=1S/C16H35N5O2S/c1-7-20(8-2)11-14-9-10-21(12-14)15(17-5)18-13-16(3,4)19-24(6,22)23/h14,19H,7-13H2,1-6H3,(H,17,18). The second-order valence-corrected chi connectivity index (χ2v) is 8.99. The second kappa shape index (κ2) is 9.01. The van der Waals surface area contributed by atoms with E-state index in [1.807, 2.05) is 13.8 Å². The van der Waals surface area contributed by atoms with E-state index >= 15 is 0 Å². The van der Waals surface area contributed by atoms with Crippen LogP contribution in [0, 0.1) is 5.92 Å². The summed E-state index contributed by atoms with van der Waals surface area (Å²) in [4.78, 5) is 9.09. The largest absolute Gasteiger partial charge is 0.354 e. The lowest BCUT2D eigenvalue weighted by molar-refractivity contribution is 0.255. The van der Waals surface area contributed by atoms with Crippen molar-refractivity contribution in [1.29, 1.82) is 0 Å². The number of guanidine groups is 1. The Bertz CT molecular complexity index is 515. The Morgan fingerprint density at radius 1 is 1.33 bits per heavy atom. The minimum atomic E-state index is -3.23. The fourth-order valence-corrected chi connectivity index (χ4v) is 4.27. The summed E-state index contributed by atoms with van der Waals surface area (Å²) < 4.78 is 25.5. The average molecular weight is 362 g/mol. The molecule has 0 aliphatic carbocycles. The summed E-state index contributed by atoms with van der Waals surface area (Å²) >= 11 is 0. The molecule has 1 aliphatic heterocycles. The zero-order chi connectivity index (χ0) is 18.4. The van der Waals surface area contributed by atoms with Crippen molar-refractivity contribution in [2.24, 2.45) is 10.9 Å². The fourth-order valence-electron chi connectivity index (χ4n) is 3.19. The molecule has 0 radical (unpaired) electrons. The molecule has 1 rings (SSSR count). The first-order chi connectivity index (χ1) is 11.1. The molecule has 1 saturated heterocycles. The highest BCUT2D eigenvalue weighted by molar-refractivity contribution is 7.88. The number of hydrogen-bond donors (Lipinski definition) is 2. The third-order valence-corrected chi connectivity index (χ3v) is 5.28. The van der Waals surface area contributed by atoms with Crippen LogP contribution in [0.1, 0.15) is 34.1 Å². The van der Waals surface area contributed by atoms with Crippen molar-refractivity contribution < 1.29 is 8.42 Å². The Morgan fingerprint density at radius 3 is 2.46 bits per heavy atom. The smallest absolute Gasteiger partial charge is 0.209 e. The first-order valence-electron chi connectivity index (χ1n) is 8.77. The van der Waals surface area contributed by atoms with Crippen molar-refractivity contribution in [3.05, 3.63) is 0 Å². The first kappa shape index (κ1) is 21.2. The van der Waals surface area contributed by atoms with E-state index in [1.165, 1.54) is 12.7 Å². The van der Waals surface area contributed by atoms with E-state index in [4.69, 9.17) is 0 Å². The van der Waals surface area contributed by atoms with Gasteiger partial charge in [-0.15, -0.1) is 0 Å². The van der Waals surface area contributed by atoms with Gasteiger partial charge in [0, 0.05) is 38.8 Å². The van der Waals surface area contributed by atoms with E-state index in [2.05, 4.69) is 38.7 Å². The van der Waals surface area contributed by atoms with Gasteiger partial charge in [0.25, 0.3) is 0 Å². The molecule has 8 heteroatoms. The number of sulfonamides is 1. The number of rotatable bonds is 8. The van der Waals surface area contributed by atoms with Gasteiger partial charge in [0.15, 0.2) is 5.96 Å². The van der Waals surface area contributed by atoms with Gasteiger partial charge in [-0.3, -0.25) is 4.99 Å². The third kappa shape index (κ3) is 7.36. The van der Waals surface area contributed by atoms with Crippen molar-refractivity contribution in [2.45, 2.75) is 39.7 Å². The van der Waals surface area contributed by atoms with Crippen LogP contribution in [0.3, 0.4) is 0 Å². The van der Waals surface area contributed by atoms with Crippen LogP contribution < -0.4 is 10.0 Å². The van der Waals surface area contributed by atoms with Gasteiger partial charge in [0.1, 0.15) is 0 Å². The molecule has 2 N–H and O–H groups in total. The number of hydrogen-bond acceptors (Lipinski definition) is 4. The van der Waals surface area contributed by atoms with Crippen LogP contribution in [0.2, 0.25) is 0 Å². The molecule has 0 saturated carbocycles. The summed E-state index contributed by atoms with van der Waals surface area (Å²) in [5.74, 6) is 1.51. The summed E-state index contributed by atoms with van der Waals surface area (Å²) in [6.45, 7) is 13.9. The van der Waals surface area contributed by atoms with E-state index in [1.54, 1.807) is 7.05 Å². The molecule has 24 heavy (non-hydrogen) atoms. The van der Waals surface area contributed by atoms with E-state index in [9.17, 15) is 8.42 Å². The van der Waals surface area contributed by atoms with Gasteiger partial charge in [-0.05, 0) is 39.3 Å². The lowest BCUT2D eigenvalue weighted by Gasteiger charge is -2.29. The quantitative estimate of drug-likeness (QED) is 0.488. The fraction of sp³-hybridized carbons (Fsp3) is 0.938. The summed E-state index contributed by atoms with van der Waals surface area (Å²) in [6, 6.07) is 0. The topological polar surface area (TPSA) is 77.0 Å². The highest BCUT2D eigenvalue weighted by Crippen LogP contribution is 2.17. The molecule has 1 unspecified atom stereocenters.